The number of fused-ring (bicyclic) bond motifs is 5. The molecule has 1 aromatic heterocycles. The molecule has 0 spiro atoms. The predicted molar refractivity (Wildman–Crippen MR) is 128 cm³/mol. The van der Waals surface area contributed by atoms with Gasteiger partial charge in [-0.2, -0.15) is 0 Å². The van der Waals surface area contributed by atoms with E-state index in [4.69, 9.17) is 13.9 Å². The molecule has 34 heavy (non-hydrogen) atoms. The highest BCUT2D eigenvalue weighted by Gasteiger charge is 2.68. The Morgan fingerprint density at radius 1 is 1.18 bits per heavy atom. The molecule has 2 unspecified atom stereocenters. The lowest BCUT2D eigenvalue weighted by molar-refractivity contribution is -0.192. The Kier molecular flexibility index (Phi) is 4.93. The molecular formula is C29H36O5. The van der Waals surface area contributed by atoms with Crippen LogP contribution in [0.5, 0.6) is 0 Å². The van der Waals surface area contributed by atoms with Gasteiger partial charge in [0.2, 0.25) is 0 Å². The third kappa shape index (κ3) is 2.91. The van der Waals surface area contributed by atoms with E-state index < -0.39 is 10.8 Å². The Morgan fingerprint density at radius 3 is 2.56 bits per heavy atom. The second kappa shape index (κ2) is 7.22. The van der Waals surface area contributed by atoms with Gasteiger partial charge in [-0.25, -0.2) is 0 Å². The van der Waals surface area contributed by atoms with E-state index in [0.717, 1.165) is 18.4 Å². The van der Waals surface area contributed by atoms with Crippen LogP contribution in [0.1, 0.15) is 72.5 Å². The molecule has 4 aliphatic rings. The number of hydrogen-bond acceptors (Lipinski definition) is 5. The third-order valence-corrected chi connectivity index (χ3v) is 9.90. The standard InChI is InChI=1S/C29H36O5/c1-17-14-22-28(6,25(33-17)19-10-13-32-16-19)11-8-20-27(5)12-9-23(31)26(3,4)21(27)15-24(29(20,22)7)34-18(2)30/h9-10,12-14,16,20-21,24-25H,1,8,11,15H2,2-7H3/t20?,21?,24-,25+,27-,28-,29-/m1/s1. The first-order valence-electron chi connectivity index (χ1n) is 12.4. The van der Waals surface area contributed by atoms with Gasteiger partial charge in [-0.15, -0.1) is 0 Å². The fourth-order valence-electron chi connectivity index (χ4n) is 8.24. The van der Waals surface area contributed by atoms with Gasteiger partial charge in [0.25, 0.3) is 0 Å². The summed E-state index contributed by atoms with van der Waals surface area (Å²) in [6.45, 7) is 16.6. The van der Waals surface area contributed by atoms with Crippen molar-refractivity contribution in [2.24, 2.45) is 33.5 Å². The zero-order chi connectivity index (χ0) is 24.7. The quantitative estimate of drug-likeness (QED) is 0.478. The summed E-state index contributed by atoms with van der Waals surface area (Å²) in [4.78, 5) is 25.3. The molecule has 5 nitrogen and oxygen atoms in total. The topological polar surface area (TPSA) is 65.7 Å². The Morgan fingerprint density at radius 2 is 1.91 bits per heavy atom. The van der Waals surface area contributed by atoms with E-state index in [1.165, 1.54) is 12.5 Å². The van der Waals surface area contributed by atoms with Gasteiger partial charge < -0.3 is 13.9 Å². The van der Waals surface area contributed by atoms with Crippen LogP contribution in [0, 0.1) is 33.5 Å². The number of carbonyl (C=O) groups excluding carboxylic acids is 2. The van der Waals surface area contributed by atoms with Crippen LogP contribution < -0.4 is 0 Å². The van der Waals surface area contributed by atoms with Crippen molar-refractivity contribution >= 4 is 11.8 Å². The molecule has 5 heteroatoms. The number of ketones is 1. The van der Waals surface area contributed by atoms with E-state index in [9.17, 15) is 9.59 Å². The molecular weight excluding hydrogens is 428 g/mol. The normalized spacial score (nSPS) is 42.6. The van der Waals surface area contributed by atoms with E-state index in [0.29, 0.717) is 12.2 Å². The van der Waals surface area contributed by atoms with Gasteiger partial charge in [-0.1, -0.05) is 47.3 Å². The van der Waals surface area contributed by atoms with Gasteiger partial charge >= 0.3 is 5.97 Å². The highest BCUT2D eigenvalue weighted by atomic mass is 16.5. The fraction of sp³-hybridized carbons (Fsp3) is 0.586. The Labute approximate surface area is 202 Å². The fourth-order valence-corrected chi connectivity index (χ4v) is 8.24. The zero-order valence-electron chi connectivity index (χ0n) is 21.1. The second-order valence-electron chi connectivity index (χ2n) is 12.0. The van der Waals surface area contributed by atoms with E-state index >= 15 is 0 Å². The van der Waals surface area contributed by atoms with Crippen molar-refractivity contribution in [1.82, 2.24) is 0 Å². The van der Waals surface area contributed by atoms with Crippen LogP contribution in [0.15, 0.2) is 59.1 Å². The van der Waals surface area contributed by atoms with E-state index in [2.05, 4.69) is 39.5 Å². The smallest absolute Gasteiger partial charge is 0.302 e. The summed E-state index contributed by atoms with van der Waals surface area (Å²) in [6.07, 6.45) is 11.4. The summed E-state index contributed by atoms with van der Waals surface area (Å²) in [7, 11) is 0. The molecule has 1 aromatic rings. The van der Waals surface area contributed by atoms with Crippen LogP contribution in [0.4, 0.5) is 0 Å². The first kappa shape index (κ1) is 23.2. The summed E-state index contributed by atoms with van der Waals surface area (Å²) in [5.41, 5.74) is 0.769. The maximum Gasteiger partial charge on any atom is 0.302 e. The van der Waals surface area contributed by atoms with Gasteiger partial charge in [0, 0.05) is 28.7 Å². The number of rotatable bonds is 2. The number of carbonyl (C=O) groups is 2. The molecule has 0 N–H and O–H groups in total. The molecule has 0 saturated heterocycles. The molecule has 5 rings (SSSR count). The van der Waals surface area contributed by atoms with Gasteiger partial charge in [-0.05, 0) is 60.3 Å². The minimum absolute atomic E-state index is 0.0811. The molecule has 1 aliphatic heterocycles. The molecule has 0 amide bonds. The Hall–Kier alpha value is -2.56. The Bertz CT molecular complexity index is 1110. The van der Waals surface area contributed by atoms with Gasteiger partial charge in [0.05, 0.1) is 12.5 Å². The number of ether oxygens (including phenoxy) is 2. The molecule has 0 aromatic carbocycles. The van der Waals surface area contributed by atoms with Crippen LogP contribution in [-0.4, -0.2) is 17.9 Å². The van der Waals surface area contributed by atoms with E-state index in [1.807, 2.05) is 19.9 Å². The van der Waals surface area contributed by atoms with Crippen LogP contribution in [0.2, 0.25) is 0 Å². The summed E-state index contributed by atoms with van der Waals surface area (Å²) in [6, 6.07) is 1.96. The lowest BCUT2D eigenvalue weighted by Crippen LogP contribution is -2.65. The number of hydrogen-bond donors (Lipinski definition) is 0. The summed E-state index contributed by atoms with van der Waals surface area (Å²) >= 11 is 0. The van der Waals surface area contributed by atoms with Gasteiger partial charge in [0.1, 0.15) is 18.0 Å². The number of allylic oxidation sites excluding steroid dienone is 3. The molecule has 0 radical (unpaired) electrons. The van der Waals surface area contributed by atoms with Crippen molar-refractivity contribution < 1.29 is 23.5 Å². The van der Waals surface area contributed by atoms with Crippen molar-refractivity contribution in [2.45, 2.75) is 73.0 Å². The van der Waals surface area contributed by atoms with Crippen molar-refractivity contribution in [3.63, 3.8) is 0 Å². The molecule has 0 bridgehead atoms. The average Bonchev–Trinajstić information content (AvgIpc) is 3.28. The van der Waals surface area contributed by atoms with Crippen LogP contribution in [0.3, 0.4) is 0 Å². The van der Waals surface area contributed by atoms with Crippen LogP contribution in [0.25, 0.3) is 0 Å². The highest BCUT2D eigenvalue weighted by molar-refractivity contribution is 5.95. The van der Waals surface area contributed by atoms with Gasteiger partial charge in [0.15, 0.2) is 5.78 Å². The molecule has 182 valence electrons. The maximum absolute atomic E-state index is 12.9. The highest BCUT2D eigenvalue weighted by Crippen LogP contribution is 2.72. The van der Waals surface area contributed by atoms with E-state index in [-0.39, 0.29) is 46.6 Å². The molecule has 2 fully saturated rings. The lowest BCUT2D eigenvalue weighted by Gasteiger charge is -2.67. The molecule has 7 atom stereocenters. The molecule has 2 heterocycles. The van der Waals surface area contributed by atoms with Crippen LogP contribution in [-0.2, 0) is 19.1 Å². The predicted octanol–water partition coefficient (Wildman–Crippen LogP) is 6.34. The minimum atomic E-state index is -0.517. The van der Waals surface area contributed by atoms with Gasteiger partial charge in [-0.3, -0.25) is 9.59 Å². The van der Waals surface area contributed by atoms with Crippen molar-refractivity contribution in [2.75, 3.05) is 0 Å². The van der Waals surface area contributed by atoms with Crippen molar-refractivity contribution in [3.05, 3.63) is 60.3 Å². The Balaban J connectivity index is 1.70. The second-order valence-corrected chi connectivity index (χ2v) is 12.0. The van der Waals surface area contributed by atoms with Crippen LogP contribution >= 0.6 is 0 Å². The lowest BCUT2D eigenvalue weighted by atomic mass is 9.38. The summed E-state index contributed by atoms with van der Waals surface area (Å²) in [5, 5.41) is 0. The van der Waals surface area contributed by atoms with Crippen molar-refractivity contribution in [3.8, 4) is 0 Å². The first-order valence-corrected chi connectivity index (χ1v) is 12.4. The molecule has 3 aliphatic carbocycles. The minimum Gasteiger partial charge on any atom is -0.485 e. The monoisotopic (exact) mass is 464 g/mol. The van der Waals surface area contributed by atoms with Crippen molar-refractivity contribution in [1.29, 1.82) is 0 Å². The SMILES string of the molecule is C=C1C=C2[C@@]3(C)C(CC[C@@]2(C)[C@H](c2ccoc2)O1)[C@@]1(C)C=CC(=O)C(C)(C)C1C[C@H]3OC(C)=O. The first-order chi connectivity index (χ1) is 15.8. The number of furan rings is 1. The molecule has 2 saturated carbocycles. The third-order valence-electron chi connectivity index (χ3n) is 9.90. The summed E-state index contributed by atoms with van der Waals surface area (Å²) in [5.74, 6) is 0.761. The largest absolute Gasteiger partial charge is 0.485 e. The zero-order valence-corrected chi connectivity index (χ0v) is 21.1. The number of esters is 1. The maximum atomic E-state index is 12.9. The average molecular weight is 465 g/mol. The summed E-state index contributed by atoms with van der Waals surface area (Å²) < 4.78 is 17.9. The van der Waals surface area contributed by atoms with E-state index in [1.54, 1.807) is 18.6 Å².